The molecule has 0 radical (unpaired) electrons. The van der Waals surface area contributed by atoms with Gasteiger partial charge in [-0.2, -0.15) is 13.2 Å². The zero-order chi connectivity index (χ0) is 32.2. The predicted molar refractivity (Wildman–Crippen MR) is 163 cm³/mol. The highest BCUT2D eigenvalue weighted by Crippen LogP contribution is 2.31. The van der Waals surface area contributed by atoms with Crippen LogP contribution in [0.3, 0.4) is 0 Å². The molecule has 2 heterocycles. The number of carbonyl (C=O) groups is 2. The third-order valence-corrected chi connectivity index (χ3v) is 9.01. The molecule has 1 aromatic heterocycles. The van der Waals surface area contributed by atoms with Gasteiger partial charge >= 0.3 is 6.18 Å². The molecule has 4 aromatic rings. The van der Waals surface area contributed by atoms with E-state index in [4.69, 9.17) is 4.74 Å². The van der Waals surface area contributed by atoms with Gasteiger partial charge in [0.2, 0.25) is 0 Å². The van der Waals surface area contributed by atoms with Crippen molar-refractivity contribution in [3.8, 4) is 11.1 Å². The van der Waals surface area contributed by atoms with Gasteiger partial charge in [-0.25, -0.2) is 12.4 Å². The second kappa shape index (κ2) is 13.3. The lowest BCUT2D eigenvalue weighted by molar-refractivity contribution is -0.137. The third kappa shape index (κ3) is 7.62. The maximum absolute atomic E-state index is 13.7. The Hall–Kier alpha value is -4.46. The van der Waals surface area contributed by atoms with E-state index in [0.29, 0.717) is 30.9 Å². The lowest BCUT2D eigenvalue weighted by atomic mass is 10.0. The molecule has 0 saturated carbocycles. The molecule has 2 amide bonds. The standard InChI is InChI=1S/C32H31F3N4O5S/c1-22-8-10-28(11-9-22)45(42,43)39-21-25(19-29(39)31(41)36-12-13-38-14-16-44-17-15-38)23-4-2-5-24(18-23)30(40)37-27-7-3-6-26(20-27)32(33,34)35/h2-11,18-21H,12-17H2,1H3,(H,36,41)(H,37,40). The van der Waals surface area contributed by atoms with Gasteiger partial charge in [-0.3, -0.25) is 14.5 Å². The number of nitrogens with zero attached hydrogens (tertiary/aromatic N) is 2. The first-order chi connectivity index (χ1) is 21.4. The number of anilines is 1. The van der Waals surface area contributed by atoms with E-state index < -0.39 is 33.6 Å². The summed E-state index contributed by atoms with van der Waals surface area (Å²) in [7, 11) is -4.19. The van der Waals surface area contributed by atoms with Crippen LogP contribution in [-0.4, -0.2) is 68.5 Å². The minimum absolute atomic E-state index is 0.00756. The highest BCUT2D eigenvalue weighted by Gasteiger charge is 2.30. The number of hydrogen-bond acceptors (Lipinski definition) is 6. The van der Waals surface area contributed by atoms with Crippen LogP contribution in [0.1, 0.15) is 32.0 Å². The van der Waals surface area contributed by atoms with Crippen molar-refractivity contribution >= 4 is 27.5 Å². The van der Waals surface area contributed by atoms with Crippen LogP contribution in [0.2, 0.25) is 0 Å². The SMILES string of the molecule is Cc1ccc(S(=O)(=O)n2cc(-c3cccc(C(=O)Nc4cccc(C(F)(F)F)c4)c3)cc2C(=O)NCCN2CCOCC2)cc1. The highest BCUT2D eigenvalue weighted by atomic mass is 32.2. The molecule has 2 N–H and O–H groups in total. The fourth-order valence-electron chi connectivity index (χ4n) is 4.85. The second-order valence-corrected chi connectivity index (χ2v) is 12.4. The summed E-state index contributed by atoms with van der Waals surface area (Å²) >= 11 is 0. The Morgan fingerprint density at radius 2 is 1.60 bits per heavy atom. The zero-order valence-corrected chi connectivity index (χ0v) is 25.1. The van der Waals surface area contributed by atoms with Gasteiger partial charge in [-0.05, 0) is 61.0 Å². The number of carbonyl (C=O) groups excluding carboxylic acids is 2. The fraction of sp³-hybridized carbons (Fsp3) is 0.250. The number of alkyl halides is 3. The summed E-state index contributed by atoms with van der Waals surface area (Å²) in [4.78, 5) is 28.5. The van der Waals surface area contributed by atoms with Gasteiger partial charge in [-0.1, -0.05) is 35.9 Å². The maximum Gasteiger partial charge on any atom is 0.416 e. The smallest absolute Gasteiger partial charge is 0.379 e. The number of amides is 2. The van der Waals surface area contributed by atoms with Gasteiger partial charge in [0.05, 0.1) is 23.7 Å². The average Bonchev–Trinajstić information content (AvgIpc) is 3.49. The number of halogens is 3. The van der Waals surface area contributed by atoms with E-state index in [1.165, 1.54) is 48.7 Å². The molecule has 0 unspecified atom stereocenters. The summed E-state index contributed by atoms with van der Waals surface area (Å²) < 4.78 is 73.1. The number of hydrogen-bond donors (Lipinski definition) is 2. The number of rotatable bonds is 9. The molecular weight excluding hydrogens is 609 g/mol. The van der Waals surface area contributed by atoms with E-state index in [2.05, 4.69) is 15.5 Å². The summed E-state index contributed by atoms with van der Waals surface area (Å²) in [6, 6.07) is 18.1. The lowest BCUT2D eigenvalue weighted by Crippen LogP contribution is -2.41. The molecule has 1 fully saturated rings. The second-order valence-electron chi connectivity index (χ2n) is 10.6. The van der Waals surface area contributed by atoms with E-state index in [-0.39, 0.29) is 28.4 Å². The number of morpholine rings is 1. The zero-order valence-electron chi connectivity index (χ0n) is 24.3. The lowest BCUT2D eigenvalue weighted by Gasteiger charge is -2.26. The number of nitrogens with one attached hydrogen (secondary N) is 2. The van der Waals surface area contributed by atoms with Crippen molar-refractivity contribution in [1.82, 2.24) is 14.2 Å². The van der Waals surface area contributed by atoms with Gasteiger partial charge in [0.1, 0.15) is 5.69 Å². The summed E-state index contributed by atoms with van der Waals surface area (Å²) in [5.41, 5.74) is 0.697. The molecule has 1 aliphatic heterocycles. The van der Waals surface area contributed by atoms with Crippen molar-refractivity contribution < 1.29 is 35.9 Å². The summed E-state index contributed by atoms with van der Waals surface area (Å²) in [5, 5.41) is 5.27. The van der Waals surface area contributed by atoms with Gasteiger partial charge in [0.15, 0.2) is 0 Å². The number of aryl methyl sites for hydroxylation is 1. The van der Waals surface area contributed by atoms with Crippen molar-refractivity contribution in [1.29, 1.82) is 0 Å². The topological polar surface area (TPSA) is 110 Å². The van der Waals surface area contributed by atoms with Crippen LogP contribution in [-0.2, 0) is 20.9 Å². The minimum atomic E-state index is -4.57. The molecule has 5 rings (SSSR count). The van der Waals surface area contributed by atoms with E-state index >= 15 is 0 Å². The Bertz CT molecular complexity index is 1800. The van der Waals surface area contributed by atoms with Gasteiger partial charge in [-0.15, -0.1) is 0 Å². The molecule has 0 atom stereocenters. The Morgan fingerprint density at radius 3 is 2.31 bits per heavy atom. The van der Waals surface area contributed by atoms with Gasteiger partial charge in [0.25, 0.3) is 21.8 Å². The molecule has 0 aliphatic carbocycles. The van der Waals surface area contributed by atoms with Crippen LogP contribution in [0.25, 0.3) is 11.1 Å². The van der Waals surface area contributed by atoms with E-state index in [1.807, 2.05) is 6.92 Å². The van der Waals surface area contributed by atoms with Gasteiger partial charge < -0.3 is 15.4 Å². The molecule has 1 aliphatic rings. The highest BCUT2D eigenvalue weighted by molar-refractivity contribution is 7.90. The number of benzene rings is 3. The average molecular weight is 641 g/mol. The van der Waals surface area contributed by atoms with Crippen LogP contribution in [0, 0.1) is 6.92 Å². The number of ether oxygens (including phenoxy) is 1. The largest absolute Gasteiger partial charge is 0.416 e. The molecular formula is C32H31F3N4O5S. The third-order valence-electron chi connectivity index (χ3n) is 7.32. The normalized spacial score (nSPS) is 14.2. The van der Waals surface area contributed by atoms with E-state index in [9.17, 15) is 31.2 Å². The first kappa shape index (κ1) is 31.9. The Kier molecular flexibility index (Phi) is 9.42. The molecule has 0 bridgehead atoms. The molecule has 13 heteroatoms. The summed E-state index contributed by atoms with van der Waals surface area (Å²) in [5.74, 6) is -1.26. The van der Waals surface area contributed by atoms with Gasteiger partial charge in [0, 0.05) is 49.2 Å². The van der Waals surface area contributed by atoms with Crippen molar-refractivity contribution in [3.05, 3.63) is 107 Å². The summed E-state index contributed by atoms with van der Waals surface area (Å²) in [6.07, 6.45) is -3.25. The van der Waals surface area contributed by atoms with Crippen LogP contribution in [0.5, 0.6) is 0 Å². The summed E-state index contributed by atoms with van der Waals surface area (Å²) in [6.45, 7) is 5.35. The van der Waals surface area contributed by atoms with Crippen molar-refractivity contribution in [2.45, 2.75) is 18.0 Å². The molecule has 3 aromatic carbocycles. The molecule has 45 heavy (non-hydrogen) atoms. The van der Waals surface area contributed by atoms with Crippen molar-refractivity contribution in [2.24, 2.45) is 0 Å². The van der Waals surface area contributed by atoms with Crippen LogP contribution in [0.15, 0.2) is 90.0 Å². The molecule has 9 nitrogen and oxygen atoms in total. The number of aromatic nitrogens is 1. The van der Waals surface area contributed by atoms with Crippen LogP contribution < -0.4 is 10.6 Å². The Labute approximate surface area is 258 Å². The Balaban J connectivity index is 1.43. The first-order valence-corrected chi connectivity index (χ1v) is 15.6. The van der Waals surface area contributed by atoms with Crippen molar-refractivity contribution in [3.63, 3.8) is 0 Å². The quantitative estimate of drug-likeness (QED) is 0.266. The fourth-order valence-corrected chi connectivity index (χ4v) is 6.20. The van der Waals surface area contributed by atoms with Crippen LogP contribution >= 0.6 is 0 Å². The monoisotopic (exact) mass is 640 g/mol. The van der Waals surface area contributed by atoms with Crippen molar-refractivity contribution in [2.75, 3.05) is 44.7 Å². The Morgan fingerprint density at radius 1 is 0.889 bits per heavy atom. The first-order valence-electron chi connectivity index (χ1n) is 14.1. The maximum atomic E-state index is 13.7. The molecule has 0 spiro atoms. The predicted octanol–water partition coefficient (Wildman–Crippen LogP) is 5.03. The van der Waals surface area contributed by atoms with E-state index in [1.54, 1.807) is 24.3 Å². The minimum Gasteiger partial charge on any atom is -0.379 e. The molecule has 236 valence electrons. The van der Waals surface area contributed by atoms with Crippen LogP contribution in [0.4, 0.5) is 18.9 Å². The van der Waals surface area contributed by atoms with E-state index in [0.717, 1.165) is 34.8 Å². The molecule has 1 saturated heterocycles.